The molecule has 1 aliphatic rings. The summed E-state index contributed by atoms with van der Waals surface area (Å²) in [5.74, 6) is 2.25. The second kappa shape index (κ2) is 6.24. The normalized spacial score (nSPS) is 23.0. The Labute approximate surface area is 120 Å². The van der Waals surface area contributed by atoms with E-state index >= 15 is 0 Å². The Bertz CT molecular complexity index is 440. The number of nitrogens with one attached hydrogen (secondary N) is 1. The Morgan fingerprint density at radius 1 is 1.32 bits per heavy atom. The summed E-state index contributed by atoms with van der Waals surface area (Å²) in [4.78, 5) is 2.27. The maximum Gasteiger partial charge on any atom is 0.173 e. The van der Waals surface area contributed by atoms with Gasteiger partial charge >= 0.3 is 0 Å². The summed E-state index contributed by atoms with van der Waals surface area (Å²) in [6, 6.07) is 7.86. The van der Waals surface area contributed by atoms with Crippen molar-refractivity contribution in [3.8, 4) is 5.75 Å². The molecule has 0 unspecified atom stereocenters. The van der Waals surface area contributed by atoms with Gasteiger partial charge in [0.1, 0.15) is 5.75 Å². The maximum absolute atomic E-state index is 5.52. The first-order valence-electron chi connectivity index (χ1n) is 6.78. The number of hydrogen-bond donors (Lipinski definition) is 1. The fourth-order valence-corrected chi connectivity index (χ4v) is 3.00. The molecule has 1 aromatic rings. The Morgan fingerprint density at radius 3 is 2.63 bits per heavy atom. The van der Waals surface area contributed by atoms with Crippen LogP contribution in [-0.2, 0) is 0 Å². The first-order valence-corrected chi connectivity index (χ1v) is 7.19. The van der Waals surface area contributed by atoms with Crippen molar-refractivity contribution in [2.45, 2.75) is 20.3 Å². The van der Waals surface area contributed by atoms with Gasteiger partial charge in [0.15, 0.2) is 5.11 Å². The zero-order chi connectivity index (χ0) is 13.8. The van der Waals surface area contributed by atoms with Crippen molar-refractivity contribution in [3.63, 3.8) is 0 Å². The van der Waals surface area contributed by atoms with E-state index < -0.39 is 0 Å². The molecule has 2 rings (SSSR count). The molecule has 2 atom stereocenters. The van der Waals surface area contributed by atoms with Crippen molar-refractivity contribution in [2.24, 2.45) is 11.8 Å². The van der Waals surface area contributed by atoms with E-state index in [2.05, 4.69) is 24.1 Å². The molecule has 0 saturated carbocycles. The molecule has 1 saturated heterocycles. The first kappa shape index (κ1) is 14.1. The first-order chi connectivity index (χ1) is 9.08. The fourth-order valence-electron chi connectivity index (χ4n) is 2.73. The molecule has 3 nitrogen and oxygen atoms in total. The molecule has 0 bridgehead atoms. The van der Waals surface area contributed by atoms with E-state index in [0.29, 0.717) is 11.8 Å². The molecule has 4 heteroatoms. The summed E-state index contributed by atoms with van der Waals surface area (Å²) in [6.45, 7) is 6.66. The van der Waals surface area contributed by atoms with Crippen LogP contribution in [0.25, 0.3) is 0 Å². The molecule has 0 aromatic heterocycles. The molecular formula is C15H22N2OS. The highest BCUT2D eigenvalue weighted by Crippen LogP contribution is 2.22. The van der Waals surface area contributed by atoms with Crippen molar-refractivity contribution in [2.75, 3.05) is 25.5 Å². The molecule has 104 valence electrons. The molecule has 0 spiro atoms. The topological polar surface area (TPSA) is 24.5 Å². The summed E-state index contributed by atoms with van der Waals surface area (Å²) >= 11 is 5.52. The Hall–Kier alpha value is -1.29. The summed E-state index contributed by atoms with van der Waals surface area (Å²) < 4.78 is 5.22. The van der Waals surface area contributed by atoms with Gasteiger partial charge in [0.05, 0.1) is 7.11 Å². The monoisotopic (exact) mass is 278 g/mol. The number of hydrogen-bond acceptors (Lipinski definition) is 2. The quantitative estimate of drug-likeness (QED) is 0.838. The molecular weight excluding hydrogens is 256 g/mol. The van der Waals surface area contributed by atoms with Crippen LogP contribution in [0.4, 0.5) is 5.69 Å². The number of nitrogens with zero attached hydrogens (tertiary/aromatic N) is 1. The lowest BCUT2D eigenvalue weighted by atomic mass is 9.92. The average molecular weight is 278 g/mol. The highest BCUT2D eigenvalue weighted by atomic mass is 32.1. The highest BCUT2D eigenvalue weighted by molar-refractivity contribution is 7.80. The van der Waals surface area contributed by atoms with Crippen LogP contribution < -0.4 is 10.1 Å². The van der Waals surface area contributed by atoms with Crippen molar-refractivity contribution in [1.29, 1.82) is 0 Å². The van der Waals surface area contributed by atoms with Gasteiger partial charge in [-0.25, -0.2) is 0 Å². The summed E-state index contributed by atoms with van der Waals surface area (Å²) in [7, 11) is 1.67. The lowest BCUT2D eigenvalue weighted by molar-refractivity contribution is 0.216. The van der Waals surface area contributed by atoms with Crippen LogP contribution in [0.5, 0.6) is 5.75 Å². The average Bonchev–Trinajstić information content (AvgIpc) is 2.37. The van der Waals surface area contributed by atoms with Crippen LogP contribution in [0.3, 0.4) is 0 Å². The highest BCUT2D eigenvalue weighted by Gasteiger charge is 2.23. The van der Waals surface area contributed by atoms with Gasteiger partial charge < -0.3 is 15.0 Å². The molecule has 0 radical (unpaired) electrons. The van der Waals surface area contributed by atoms with Gasteiger partial charge in [-0.15, -0.1) is 0 Å². The maximum atomic E-state index is 5.52. The predicted octanol–water partition coefficient (Wildman–Crippen LogP) is 3.37. The molecule has 1 aromatic carbocycles. The van der Waals surface area contributed by atoms with Crippen LogP contribution in [0.1, 0.15) is 20.3 Å². The number of anilines is 1. The van der Waals surface area contributed by atoms with E-state index in [1.807, 2.05) is 24.3 Å². The molecule has 0 amide bonds. The van der Waals surface area contributed by atoms with Gasteiger partial charge in [-0.05, 0) is 42.6 Å². The van der Waals surface area contributed by atoms with Gasteiger partial charge in [-0.2, -0.15) is 0 Å². The molecule has 0 aliphatic carbocycles. The van der Waals surface area contributed by atoms with Crippen molar-refractivity contribution in [1.82, 2.24) is 4.90 Å². The number of likely N-dealkylation sites (tertiary alicyclic amines) is 1. The van der Waals surface area contributed by atoms with E-state index in [9.17, 15) is 0 Å². The third-order valence-electron chi connectivity index (χ3n) is 3.48. The Kier molecular flexibility index (Phi) is 4.64. The van der Waals surface area contributed by atoms with Gasteiger partial charge in [0, 0.05) is 24.8 Å². The van der Waals surface area contributed by atoms with Crippen LogP contribution in [0.15, 0.2) is 24.3 Å². The number of benzene rings is 1. The molecule has 1 heterocycles. The minimum absolute atomic E-state index is 0.703. The van der Waals surface area contributed by atoms with Gasteiger partial charge in [0.25, 0.3) is 0 Å². The molecule has 19 heavy (non-hydrogen) atoms. The standard InChI is InChI=1S/C15H22N2OS/c1-11-7-12(2)10-17(9-11)15(19)16-13-5-4-6-14(8-13)18-3/h4-6,8,11-12H,7,9-10H2,1-3H3,(H,16,19)/t11-,12+. The second-order valence-corrected chi connectivity index (χ2v) is 5.90. The van der Waals surface area contributed by atoms with Crippen LogP contribution in [0.2, 0.25) is 0 Å². The lowest BCUT2D eigenvalue weighted by Crippen LogP contribution is -2.44. The minimum atomic E-state index is 0.703. The van der Waals surface area contributed by atoms with Gasteiger partial charge in [-0.3, -0.25) is 0 Å². The van der Waals surface area contributed by atoms with E-state index in [1.165, 1.54) is 6.42 Å². The van der Waals surface area contributed by atoms with E-state index in [4.69, 9.17) is 17.0 Å². The van der Waals surface area contributed by atoms with Crippen LogP contribution in [0, 0.1) is 11.8 Å². The zero-order valence-electron chi connectivity index (χ0n) is 11.8. The Morgan fingerprint density at radius 2 is 2.00 bits per heavy atom. The van der Waals surface area contributed by atoms with Crippen LogP contribution >= 0.6 is 12.2 Å². The van der Waals surface area contributed by atoms with Crippen molar-refractivity contribution >= 4 is 23.0 Å². The molecule has 1 fully saturated rings. The SMILES string of the molecule is COc1cccc(NC(=S)N2C[C@H](C)C[C@H](C)C2)c1. The third-order valence-corrected chi connectivity index (χ3v) is 3.84. The number of methoxy groups -OCH3 is 1. The number of piperidine rings is 1. The minimum Gasteiger partial charge on any atom is -0.497 e. The van der Waals surface area contributed by atoms with Crippen molar-refractivity contribution in [3.05, 3.63) is 24.3 Å². The third kappa shape index (κ3) is 3.83. The van der Waals surface area contributed by atoms with Crippen LogP contribution in [-0.4, -0.2) is 30.2 Å². The largest absolute Gasteiger partial charge is 0.497 e. The Balaban J connectivity index is 2.00. The van der Waals surface area contributed by atoms with E-state index in [0.717, 1.165) is 29.6 Å². The molecule has 1 aliphatic heterocycles. The van der Waals surface area contributed by atoms with Crippen molar-refractivity contribution < 1.29 is 4.74 Å². The number of rotatable bonds is 2. The smallest absolute Gasteiger partial charge is 0.173 e. The summed E-state index contributed by atoms with van der Waals surface area (Å²) in [5, 5.41) is 4.12. The molecule has 1 N–H and O–H groups in total. The van der Waals surface area contributed by atoms with E-state index in [1.54, 1.807) is 7.11 Å². The predicted molar refractivity (Wildman–Crippen MR) is 83.7 cm³/mol. The van der Waals surface area contributed by atoms with E-state index in [-0.39, 0.29) is 0 Å². The van der Waals surface area contributed by atoms with Gasteiger partial charge in [-0.1, -0.05) is 19.9 Å². The second-order valence-electron chi connectivity index (χ2n) is 5.51. The lowest BCUT2D eigenvalue weighted by Gasteiger charge is -2.36. The zero-order valence-corrected chi connectivity index (χ0v) is 12.7. The van der Waals surface area contributed by atoms with Gasteiger partial charge in [0.2, 0.25) is 0 Å². The summed E-state index contributed by atoms with van der Waals surface area (Å²) in [6.07, 6.45) is 1.29. The number of thiocarbonyl (C=S) groups is 1. The fraction of sp³-hybridized carbons (Fsp3) is 0.533. The number of ether oxygens (including phenoxy) is 1. The summed E-state index contributed by atoms with van der Waals surface area (Å²) in [5.41, 5.74) is 0.982.